The van der Waals surface area contributed by atoms with Crippen molar-refractivity contribution >= 4 is 11.6 Å². The summed E-state index contributed by atoms with van der Waals surface area (Å²) in [7, 11) is 1.77. The van der Waals surface area contributed by atoms with E-state index in [0.29, 0.717) is 16.4 Å². The van der Waals surface area contributed by atoms with Crippen molar-refractivity contribution in [2.24, 2.45) is 7.05 Å². The lowest BCUT2D eigenvalue weighted by molar-refractivity contribution is 0.221. The van der Waals surface area contributed by atoms with Crippen molar-refractivity contribution in [3.63, 3.8) is 0 Å². The number of nitrogens with zero attached hydrogens (tertiary/aromatic N) is 2. The smallest absolute Gasteiger partial charge is 0.133 e. The molecule has 106 valence electrons. The maximum atomic E-state index is 10.7. The molecule has 0 unspecified atom stereocenters. The molecule has 0 amide bonds. The zero-order chi connectivity index (χ0) is 14.8. The van der Waals surface area contributed by atoms with E-state index in [1.54, 1.807) is 11.7 Å². The number of rotatable bonds is 3. The van der Waals surface area contributed by atoms with Crippen LogP contribution in [0.4, 0.5) is 0 Å². The lowest BCUT2D eigenvalue weighted by atomic mass is 9.99. The zero-order valence-electron chi connectivity index (χ0n) is 11.6. The Balaban J connectivity index is 2.14. The van der Waals surface area contributed by atoms with Gasteiger partial charge in [0.2, 0.25) is 0 Å². The van der Waals surface area contributed by atoms with Gasteiger partial charge in [0.15, 0.2) is 0 Å². The highest BCUT2D eigenvalue weighted by molar-refractivity contribution is 6.30. The van der Waals surface area contributed by atoms with Crippen molar-refractivity contribution in [3.05, 3.63) is 76.9 Å². The van der Waals surface area contributed by atoms with Crippen LogP contribution in [0.25, 0.3) is 11.3 Å². The summed E-state index contributed by atoms with van der Waals surface area (Å²) in [6.45, 7) is 0. The monoisotopic (exact) mass is 298 g/mol. The van der Waals surface area contributed by atoms with Crippen molar-refractivity contribution in [3.8, 4) is 11.3 Å². The van der Waals surface area contributed by atoms with Gasteiger partial charge in [-0.1, -0.05) is 72.3 Å². The van der Waals surface area contributed by atoms with Crippen LogP contribution < -0.4 is 0 Å². The molecule has 0 fully saturated rings. The maximum Gasteiger partial charge on any atom is 0.133 e. The summed E-state index contributed by atoms with van der Waals surface area (Å²) in [5, 5.41) is 15.6. The predicted octanol–water partition coefficient (Wildman–Crippen LogP) is 3.82. The van der Waals surface area contributed by atoms with Gasteiger partial charge in [-0.15, -0.1) is 0 Å². The molecular weight excluding hydrogens is 284 g/mol. The highest BCUT2D eigenvalue weighted by Crippen LogP contribution is 2.36. The summed E-state index contributed by atoms with van der Waals surface area (Å²) in [6.07, 6.45) is -0.803. The third-order valence-corrected chi connectivity index (χ3v) is 3.90. The van der Waals surface area contributed by atoms with E-state index in [4.69, 9.17) is 11.6 Å². The van der Waals surface area contributed by atoms with Gasteiger partial charge >= 0.3 is 0 Å². The Hall–Kier alpha value is -2.10. The lowest BCUT2D eigenvalue weighted by Crippen LogP contribution is -2.01. The summed E-state index contributed by atoms with van der Waals surface area (Å²) >= 11 is 6.35. The van der Waals surface area contributed by atoms with Gasteiger partial charge in [0, 0.05) is 12.6 Å². The number of hydrogen-bond donors (Lipinski definition) is 1. The Morgan fingerprint density at radius 2 is 1.57 bits per heavy atom. The lowest BCUT2D eigenvalue weighted by Gasteiger charge is -2.12. The largest absolute Gasteiger partial charge is 0.383 e. The molecule has 2 aromatic carbocycles. The van der Waals surface area contributed by atoms with Crippen molar-refractivity contribution in [2.75, 3.05) is 0 Å². The average molecular weight is 299 g/mol. The Morgan fingerprint density at radius 1 is 1.00 bits per heavy atom. The third kappa shape index (κ3) is 2.58. The van der Waals surface area contributed by atoms with Gasteiger partial charge in [-0.2, -0.15) is 5.10 Å². The molecule has 0 aliphatic heterocycles. The van der Waals surface area contributed by atoms with E-state index in [1.807, 2.05) is 60.7 Å². The summed E-state index contributed by atoms with van der Waals surface area (Å²) in [5.41, 5.74) is 3.07. The quantitative estimate of drug-likeness (QED) is 0.798. The van der Waals surface area contributed by atoms with Crippen molar-refractivity contribution in [2.45, 2.75) is 6.10 Å². The SMILES string of the molecule is Cn1nc(-c2ccccc2)c([C@H](O)c2ccccc2)c1Cl. The molecule has 1 N–H and O–H groups in total. The molecule has 0 aliphatic rings. The zero-order valence-corrected chi connectivity index (χ0v) is 12.3. The topological polar surface area (TPSA) is 38.0 Å². The van der Waals surface area contributed by atoms with Crippen LogP contribution in [0.3, 0.4) is 0 Å². The van der Waals surface area contributed by atoms with E-state index in [1.165, 1.54) is 0 Å². The summed E-state index contributed by atoms with van der Waals surface area (Å²) < 4.78 is 1.59. The fourth-order valence-corrected chi connectivity index (χ4v) is 2.60. The van der Waals surface area contributed by atoms with Gasteiger partial charge in [0.25, 0.3) is 0 Å². The van der Waals surface area contributed by atoms with Gasteiger partial charge in [0.05, 0.1) is 5.56 Å². The molecule has 4 heteroatoms. The van der Waals surface area contributed by atoms with Gasteiger partial charge in [0.1, 0.15) is 17.0 Å². The minimum atomic E-state index is -0.803. The second-order valence-corrected chi connectivity index (χ2v) is 5.21. The second kappa shape index (κ2) is 5.72. The molecule has 1 atom stereocenters. The van der Waals surface area contributed by atoms with Gasteiger partial charge in [-0.3, -0.25) is 4.68 Å². The molecule has 0 aliphatic carbocycles. The van der Waals surface area contributed by atoms with Gasteiger partial charge in [-0.05, 0) is 5.56 Å². The minimum absolute atomic E-state index is 0.449. The first kappa shape index (κ1) is 13.9. The molecule has 3 rings (SSSR count). The van der Waals surface area contributed by atoms with Crippen LogP contribution in [0, 0.1) is 0 Å². The molecule has 0 radical (unpaired) electrons. The van der Waals surface area contributed by atoms with Crippen LogP contribution in [-0.4, -0.2) is 14.9 Å². The van der Waals surface area contributed by atoms with Gasteiger partial charge < -0.3 is 5.11 Å². The number of halogens is 1. The molecule has 0 bridgehead atoms. The van der Waals surface area contributed by atoms with E-state index in [-0.39, 0.29) is 0 Å². The molecule has 3 aromatic rings. The van der Waals surface area contributed by atoms with Crippen molar-refractivity contribution in [1.29, 1.82) is 0 Å². The fourth-order valence-electron chi connectivity index (χ4n) is 2.37. The number of hydrogen-bond acceptors (Lipinski definition) is 2. The molecule has 0 saturated carbocycles. The Kier molecular flexibility index (Phi) is 3.78. The first-order valence-electron chi connectivity index (χ1n) is 6.69. The molecule has 0 spiro atoms. The van der Waals surface area contributed by atoms with E-state index < -0.39 is 6.10 Å². The van der Waals surface area contributed by atoms with E-state index in [0.717, 1.165) is 11.1 Å². The number of benzene rings is 2. The first-order valence-corrected chi connectivity index (χ1v) is 7.07. The van der Waals surface area contributed by atoms with Gasteiger partial charge in [-0.25, -0.2) is 0 Å². The number of aromatic nitrogens is 2. The maximum absolute atomic E-state index is 10.7. The first-order chi connectivity index (χ1) is 10.2. The van der Waals surface area contributed by atoms with Crippen molar-refractivity contribution in [1.82, 2.24) is 9.78 Å². The van der Waals surface area contributed by atoms with Crippen LogP contribution in [-0.2, 0) is 7.05 Å². The second-order valence-electron chi connectivity index (χ2n) is 4.86. The number of aliphatic hydroxyl groups is 1. The molecule has 21 heavy (non-hydrogen) atoms. The van der Waals surface area contributed by atoms with Crippen LogP contribution >= 0.6 is 11.6 Å². The predicted molar refractivity (Wildman–Crippen MR) is 84.2 cm³/mol. The summed E-state index contributed by atoms with van der Waals surface area (Å²) in [6, 6.07) is 19.2. The minimum Gasteiger partial charge on any atom is -0.383 e. The molecule has 3 nitrogen and oxygen atoms in total. The number of aryl methyl sites for hydroxylation is 1. The molecule has 1 aromatic heterocycles. The third-order valence-electron chi connectivity index (χ3n) is 3.45. The highest BCUT2D eigenvalue weighted by atomic mass is 35.5. The van der Waals surface area contributed by atoms with Crippen LogP contribution in [0.5, 0.6) is 0 Å². The number of aliphatic hydroxyl groups excluding tert-OH is 1. The Labute approximate surface area is 128 Å². The van der Waals surface area contributed by atoms with Crippen LogP contribution in [0.2, 0.25) is 5.15 Å². The fraction of sp³-hybridized carbons (Fsp3) is 0.118. The summed E-state index contributed by atoms with van der Waals surface area (Å²) in [5.74, 6) is 0. The van der Waals surface area contributed by atoms with E-state index >= 15 is 0 Å². The molecule has 0 saturated heterocycles. The Morgan fingerprint density at radius 3 is 2.19 bits per heavy atom. The van der Waals surface area contributed by atoms with Crippen LogP contribution in [0.15, 0.2) is 60.7 Å². The normalized spacial score (nSPS) is 12.3. The summed E-state index contributed by atoms with van der Waals surface area (Å²) in [4.78, 5) is 0. The standard InChI is InChI=1S/C17H15ClN2O/c1-20-17(18)14(16(21)13-10-6-3-7-11-13)15(19-20)12-8-4-2-5-9-12/h2-11,16,21H,1H3/t16-/m1/s1. The average Bonchev–Trinajstić information content (AvgIpc) is 2.84. The Bertz CT molecular complexity index is 738. The van der Waals surface area contributed by atoms with Crippen molar-refractivity contribution < 1.29 is 5.11 Å². The van der Waals surface area contributed by atoms with Crippen LogP contribution in [0.1, 0.15) is 17.2 Å². The molecule has 1 heterocycles. The molecular formula is C17H15ClN2O. The van der Waals surface area contributed by atoms with E-state index in [2.05, 4.69) is 5.10 Å². The highest BCUT2D eigenvalue weighted by Gasteiger charge is 2.23. The van der Waals surface area contributed by atoms with E-state index in [9.17, 15) is 5.11 Å².